The molecular formula is C125H80N8O3. The lowest BCUT2D eigenvalue weighted by molar-refractivity contribution is 0.635. The molecule has 0 N–H and O–H groups in total. The van der Waals surface area contributed by atoms with Crippen molar-refractivity contribution in [3.63, 3.8) is 0 Å². The summed E-state index contributed by atoms with van der Waals surface area (Å²) >= 11 is 0. The second kappa shape index (κ2) is 32.9. The summed E-state index contributed by atoms with van der Waals surface area (Å²) in [6, 6.07) is 164. The van der Waals surface area contributed by atoms with Crippen LogP contribution in [-0.4, -0.2) is 37.5 Å². The summed E-state index contributed by atoms with van der Waals surface area (Å²) in [4.78, 5) is 14.7. The van der Waals surface area contributed by atoms with Gasteiger partial charge in [0.15, 0.2) is 0 Å². The van der Waals surface area contributed by atoms with Crippen molar-refractivity contribution in [2.75, 3.05) is 0 Å². The zero-order valence-electron chi connectivity index (χ0n) is 73.5. The molecular weight excluding hydrogens is 1660 g/mol. The Labute approximate surface area is 781 Å². The van der Waals surface area contributed by atoms with Gasteiger partial charge in [0.2, 0.25) is 0 Å². The van der Waals surface area contributed by atoms with E-state index in [0.29, 0.717) is 0 Å². The van der Waals surface area contributed by atoms with Crippen molar-refractivity contribution in [3.05, 3.63) is 486 Å². The maximum absolute atomic E-state index is 6.95. The summed E-state index contributed by atoms with van der Waals surface area (Å²) in [5, 5.41) is 11.3. The summed E-state index contributed by atoms with van der Waals surface area (Å²) in [7, 11) is 0. The molecule has 28 aromatic rings. The number of rotatable bonds is 13. The summed E-state index contributed by atoms with van der Waals surface area (Å²) in [5.74, 6) is 2.67. The van der Waals surface area contributed by atoms with Crippen LogP contribution in [0.3, 0.4) is 0 Å². The van der Waals surface area contributed by atoms with Crippen LogP contribution in [0.1, 0.15) is 0 Å². The van der Waals surface area contributed by atoms with Gasteiger partial charge in [0.05, 0.1) is 83.2 Å². The van der Waals surface area contributed by atoms with E-state index in [9.17, 15) is 0 Å². The maximum atomic E-state index is 6.95. The minimum Gasteiger partial charge on any atom is -0.455 e. The highest BCUT2D eigenvalue weighted by atomic mass is 16.3. The van der Waals surface area contributed by atoms with Crippen molar-refractivity contribution in [1.82, 2.24) is 37.5 Å². The van der Waals surface area contributed by atoms with Gasteiger partial charge in [-0.15, -0.1) is 0 Å². The molecule has 0 spiro atoms. The van der Waals surface area contributed by atoms with Gasteiger partial charge < -0.3 is 27.0 Å². The molecule has 11 heteroatoms. The third-order valence-corrected chi connectivity index (χ3v) is 26.6. The smallest absolute Gasteiger partial charge is 0.145 e. The lowest BCUT2D eigenvalue weighted by atomic mass is 9.98. The highest BCUT2D eigenvalue weighted by molar-refractivity contribution is 6.26. The number of hydrogen-bond donors (Lipinski definition) is 0. The lowest BCUT2D eigenvalue weighted by Crippen LogP contribution is -1.95. The van der Waals surface area contributed by atoms with E-state index < -0.39 is 0 Å². The quantitative estimate of drug-likeness (QED) is 0.114. The van der Waals surface area contributed by atoms with Gasteiger partial charge in [-0.2, -0.15) is 0 Å². The molecule has 0 saturated heterocycles. The Kier molecular flexibility index (Phi) is 19.0. The van der Waals surface area contributed by atoms with Gasteiger partial charge in [-0.25, -0.2) is 9.97 Å². The van der Waals surface area contributed by atoms with E-state index in [1.54, 1.807) is 0 Å². The molecule has 0 fully saturated rings. The maximum Gasteiger partial charge on any atom is 0.145 e. The van der Waals surface area contributed by atoms with E-state index >= 15 is 0 Å². The second-order valence-electron chi connectivity index (χ2n) is 34.3. The number of imidazole rings is 2. The molecule has 0 unspecified atom stereocenters. The second-order valence-corrected chi connectivity index (χ2v) is 34.3. The predicted octanol–water partition coefficient (Wildman–Crippen LogP) is 33.1. The molecule has 0 bridgehead atoms. The molecule has 136 heavy (non-hydrogen) atoms. The van der Waals surface area contributed by atoms with E-state index in [0.717, 1.165) is 245 Å². The van der Waals surface area contributed by atoms with Crippen molar-refractivity contribution >= 4 is 121 Å². The van der Waals surface area contributed by atoms with Crippen molar-refractivity contribution in [3.8, 4) is 129 Å². The molecule has 0 aliphatic heterocycles. The Morgan fingerprint density at radius 2 is 0.507 bits per heavy atom. The number of pyridine rings is 3. The van der Waals surface area contributed by atoms with Gasteiger partial charge in [-0.05, 0) is 144 Å². The van der Waals surface area contributed by atoms with Gasteiger partial charge >= 0.3 is 0 Å². The summed E-state index contributed by atoms with van der Waals surface area (Å²) in [6.07, 6.45) is 6.02. The SMILES string of the molecule is c1ccc(-c2nc3ccccn3c2-c2ccc(-n3c4ccccc4c4c5oc(-c6ccccc6)c(-c6ccccc6)c5ccc43)cc2)cc1.c1ccc(-c2oc3c(ccc4c3c3ccccc3n4-c3ccc(-c4nc5ccccn5c4-c4ccccc4)cc3)c2-c2ccccc2)cc1.c1ccc(-c2oc3c(ccc4c3c3ccccc3n4-c3cccc4ncccc34)c2-c2ccccc2)cc1. The van der Waals surface area contributed by atoms with Gasteiger partial charge in [0, 0.05) is 123 Å². The first-order chi connectivity index (χ1) is 67.5. The van der Waals surface area contributed by atoms with Crippen LogP contribution in [-0.2, 0) is 0 Å². The highest BCUT2D eigenvalue weighted by Gasteiger charge is 2.30. The topological polar surface area (TPSA) is 102 Å². The number of para-hydroxylation sites is 3. The summed E-state index contributed by atoms with van der Waals surface area (Å²) in [5.41, 5.74) is 34.0. The van der Waals surface area contributed by atoms with Crippen molar-refractivity contribution in [2.24, 2.45) is 0 Å². The number of furan rings is 3. The fourth-order valence-electron chi connectivity index (χ4n) is 20.6. The Hall–Kier alpha value is -18.5. The van der Waals surface area contributed by atoms with Crippen molar-refractivity contribution < 1.29 is 13.3 Å². The van der Waals surface area contributed by atoms with Crippen molar-refractivity contribution in [2.45, 2.75) is 0 Å². The van der Waals surface area contributed by atoms with Crippen LogP contribution in [0, 0.1) is 0 Å². The van der Waals surface area contributed by atoms with E-state index in [1.165, 1.54) is 5.39 Å². The van der Waals surface area contributed by atoms with Crippen LogP contribution in [0.5, 0.6) is 0 Å². The molecule has 11 aromatic heterocycles. The first-order valence-corrected chi connectivity index (χ1v) is 45.9. The predicted molar refractivity (Wildman–Crippen MR) is 559 cm³/mol. The van der Waals surface area contributed by atoms with Gasteiger partial charge in [0.25, 0.3) is 0 Å². The minimum atomic E-state index is 0.886. The van der Waals surface area contributed by atoms with E-state index in [-0.39, 0.29) is 0 Å². The Balaban J connectivity index is 0.000000107. The van der Waals surface area contributed by atoms with Crippen molar-refractivity contribution in [1.29, 1.82) is 0 Å². The number of aromatic nitrogens is 8. The van der Waals surface area contributed by atoms with Crippen LogP contribution in [0.25, 0.3) is 250 Å². The number of nitrogens with zero attached hydrogens (tertiary/aromatic N) is 8. The summed E-state index contributed by atoms with van der Waals surface area (Å²) < 4.78 is 32.2. The van der Waals surface area contributed by atoms with Crippen LogP contribution in [0.4, 0.5) is 0 Å². The van der Waals surface area contributed by atoms with Gasteiger partial charge in [-0.1, -0.05) is 340 Å². The molecule has 11 heterocycles. The molecule has 11 nitrogen and oxygen atoms in total. The molecule has 17 aromatic carbocycles. The third kappa shape index (κ3) is 13.1. The average molecular weight is 1740 g/mol. The zero-order chi connectivity index (χ0) is 89.7. The molecule has 0 radical (unpaired) electrons. The van der Waals surface area contributed by atoms with Crippen LogP contribution >= 0.6 is 0 Å². The molecule has 28 rings (SSSR count). The highest BCUT2D eigenvalue weighted by Crippen LogP contribution is 2.52. The molecule has 638 valence electrons. The first-order valence-electron chi connectivity index (χ1n) is 45.9. The average Bonchev–Trinajstić information content (AvgIpc) is 1.56. The van der Waals surface area contributed by atoms with E-state index in [2.05, 4.69) is 458 Å². The number of fused-ring (bicyclic) bond motifs is 18. The standard InChI is InChI=1S/2C45H29N3O.C35H22N2O/c1-4-14-30(15-5-1)40-36-27-28-38-41(45(36)49-44(40)33-18-8-3-9-19-33)35-20-10-11-21-37(35)48(38)34-25-23-31(24-26-34)42-43(32-16-6-2-7-17-32)47-29-13-12-22-39(47)46-42;1-4-14-30(15-5-1)40-36-27-28-38-41(45(36)49-44(40)33-18-8-3-9-19-33)35-20-10-11-21-37(35)48(38)34-25-23-32(24-26-34)43-42(31-16-6-2-7-17-31)46-39-22-12-13-29-47(39)43;1-3-11-23(12-4-1)32-27-20-21-31-33(35(27)38-34(32)24-13-5-2-6-14-24)26-15-7-8-18-30(26)37(31)29-19-9-17-28-25(29)16-10-22-36-28/h2*1-29H;1-22H. The number of benzene rings is 17. The van der Waals surface area contributed by atoms with Crippen LogP contribution in [0.2, 0.25) is 0 Å². The summed E-state index contributed by atoms with van der Waals surface area (Å²) in [6.45, 7) is 0. The van der Waals surface area contributed by atoms with E-state index in [4.69, 9.17) is 23.2 Å². The van der Waals surface area contributed by atoms with E-state index in [1.807, 2.05) is 54.7 Å². The zero-order valence-corrected chi connectivity index (χ0v) is 73.5. The Morgan fingerprint density at radius 1 is 0.199 bits per heavy atom. The minimum absolute atomic E-state index is 0.886. The Bertz CT molecular complexity index is 9410. The molecule has 0 saturated carbocycles. The lowest BCUT2D eigenvalue weighted by Gasteiger charge is -2.11. The third-order valence-electron chi connectivity index (χ3n) is 26.6. The number of hydrogen-bond acceptors (Lipinski definition) is 6. The fourth-order valence-corrected chi connectivity index (χ4v) is 20.6. The largest absolute Gasteiger partial charge is 0.455 e. The van der Waals surface area contributed by atoms with Gasteiger partial charge in [-0.3, -0.25) is 13.8 Å². The van der Waals surface area contributed by atoms with Crippen LogP contribution in [0.15, 0.2) is 499 Å². The monoisotopic (exact) mass is 1740 g/mol. The van der Waals surface area contributed by atoms with Gasteiger partial charge in [0.1, 0.15) is 45.3 Å². The molecule has 0 aliphatic rings. The normalized spacial score (nSPS) is 11.7. The molecule has 0 atom stereocenters. The molecule has 0 amide bonds. The first kappa shape index (κ1) is 78.6. The Morgan fingerprint density at radius 3 is 0.904 bits per heavy atom. The van der Waals surface area contributed by atoms with Crippen LogP contribution < -0.4 is 0 Å². The molecule has 0 aliphatic carbocycles. The fraction of sp³-hybridized carbons (Fsp3) is 0.